The second-order valence-corrected chi connectivity index (χ2v) is 4.97. The third-order valence-electron chi connectivity index (χ3n) is 2.62. The molecule has 2 heterocycles. The van der Waals surface area contributed by atoms with Gasteiger partial charge in [-0.3, -0.25) is 4.98 Å². The molecule has 0 aliphatic carbocycles. The molecule has 0 radical (unpaired) electrons. The number of aryl methyl sites for hydroxylation is 2. The maximum absolute atomic E-state index is 5.82. The first kappa shape index (κ1) is 11.2. The molecule has 3 nitrogen and oxygen atoms in total. The van der Waals surface area contributed by atoms with Crippen LogP contribution in [0.15, 0.2) is 24.4 Å². The van der Waals surface area contributed by atoms with Crippen LogP contribution in [0.3, 0.4) is 0 Å². The van der Waals surface area contributed by atoms with E-state index in [9.17, 15) is 0 Å². The van der Waals surface area contributed by atoms with Crippen molar-refractivity contribution in [3.8, 4) is 0 Å². The van der Waals surface area contributed by atoms with E-state index in [0.29, 0.717) is 6.54 Å². The molecular formula is C12H15N3S. The SMILES string of the molecule is Cc1nc(C(CN)c2ccccn2)sc1C. The largest absolute Gasteiger partial charge is 0.329 e. The summed E-state index contributed by atoms with van der Waals surface area (Å²) in [5.41, 5.74) is 7.91. The molecule has 0 amide bonds. The van der Waals surface area contributed by atoms with E-state index in [1.165, 1.54) is 4.88 Å². The number of hydrogen-bond acceptors (Lipinski definition) is 4. The van der Waals surface area contributed by atoms with Crippen molar-refractivity contribution >= 4 is 11.3 Å². The van der Waals surface area contributed by atoms with Crippen LogP contribution >= 0.6 is 11.3 Å². The number of nitrogens with two attached hydrogens (primary N) is 1. The standard InChI is InChI=1S/C12H15N3S/c1-8-9(2)16-12(15-8)10(7-13)11-5-3-4-6-14-11/h3-6,10H,7,13H2,1-2H3. The average molecular weight is 233 g/mol. The van der Waals surface area contributed by atoms with Crippen LogP contribution in [0.1, 0.15) is 27.2 Å². The zero-order valence-corrected chi connectivity index (χ0v) is 10.3. The molecule has 2 aromatic rings. The van der Waals surface area contributed by atoms with Gasteiger partial charge in [0.05, 0.1) is 17.3 Å². The molecule has 0 saturated heterocycles. The van der Waals surface area contributed by atoms with Crippen molar-refractivity contribution in [1.29, 1.82) is 0 Å². The molecule has 0 aromatic carbocycles. The number of thiazole rings is 1. The van der Waals surface area contributed by atoms with Gasteiger partial charge in [0.15, 0.2) is 0 Å². The summed E-state index contributed by atoms with van der Waals surface area (Å²) in [6, 6.07) is 5.90. The Morgan fingerprint density at radius 3 is 2.69 bits per heavy atom. The fourth-order valence-electron chi connectivity index (χ4n) is 1.58. The van der Waals surface area contributed by atoms with Crippen LogP contribution in [-0.4, -0.2) is 16.5 Å². The molecule has 0 aliphatic heterocycles. The molecule has 2 aromatic heterocycles. The molecule has 16 heavy (non-hydrogen) atoms. The van der Waals surface area contributed by atoms with Gasteiger partial charge < -0.3 is 5.73 Å². The van der Waals surface area contributed by atoms with E-state index in [0.717, 1.165) is 16.4 Å². The fourth-order valence-corrected chi connectivity index (χ4v) is 2.63. The van der Waals surface area contributed by atoms with Crippen molar-refractivity contribution in [3.05, 3.63) is 45.7 Å². The molecule has 0 bridgehead atoms. The van der Waals surface area contributed by atoms with Crippen LogP contribution in [-0.2, 0) is 0 Å². The van der Waals surface area contributed by atoms with E-state index in [1.54, 1.807) is 17.5 Å². The Kier molecular flexibility index (Phi) is 3.31. The summed E-state index contributed by atoms with van der Waals surface area (Å²) in [5.74, 6) is 0.124. The predicted molar refractivity (Wildman–Crippen MR) is 66.7 cm³/mol. The number of nitrogens with zero attached hydrogens (tertiary/aromatic N) is 2. The van der Waals surface area contributed by atoms with Crippen LogP contribution in [0.25, 0.3) is 0 Å². The van der Waals surface area contributed by atoms with E-state index in [1.807, 2.05) is 25.1 Å². The van der Waals surface area contributed by atoms with E-state index in [-0.39, 0.29) is 5.92 Å². The van der Waals surface area contributed by atoms with Gasteiger partial charge in [0, 0.05) is 17.6 Å². The van der Waals surface area contributed by atoms with Gasteiger partial charge in [0.25, 0.3) is 0 Å². The first-order valence-corrected chi connectivity index (χ1v) is 6.09. The molecule has 0 spiro atoms. The van der Waals surface area contributed by atoms with Crippen LogP contribution < -0.4 is 5.73 Å². The Labute approximate surface area is 99.4 Å². The van der Waals surface area contributed by atoms with Gasteiger partial charge in [-0.05, 0) is 26.0 Å². The van der Waals surface area contributed by atoms with Crippen molar-refractivity contribution in [2.24, 2.45) is 5.73 Å². The monoisotopic (exact) mass is 233 g/mol. The first-order valence-electron chi connectivity index (χ1n) is 5.27. The minimum atomic E-state index is 0.124. The van der Waals surface area contributed by atoms with Crippen molar-refractivity contribution in [1.82, 2.24) is 9.97 Å². The van der Waals surface area contributed by atoms with E-state index >= 15 is 0 Å². The maximum atomic E-state index is 5.82. The van der Waals surface area contributed by atoms with Crippen molar-refractivity contribution in [2.75, 3.05) is 6.54 Å². The quantitative estimate of drug-likeness (QED) is 0.884. The van der Waals surface area contributed by atoms with Crippen molar-refractivity contribution < 1.29 is 0 Å². The summed E-state index contributed by atoms with van der Waals surface area (Å²) in [6.45, 7) is 4.66. The Morgan fingerprint density at radius 1 is 1.38 bits per heavy atom. The minimum absolute atomic E-state index is 0.124. The molecule has 1 unspecified atom stereocenters. The molecule has 2 rings (SSSR count). The van der Waals surface area contributed by atoms with Gasteiger partial charge in [0.2, 0.25) is 0 Å². The Bertz CT molecular complexity index is 445. The molecule has 1 atom stereocenters. The zero-order valence-electron chi connectivity index (χ0n) is 9.47. The third kappa shape index (κ3) is 2.13. The highest BCUT2D eigenvalue weighted by Gasteiger charge is 2.18. The predicted octanol–water partition coefficient (Wildman–Crippen LogP) is 2.25. The molecule has 2 N–H and O–H groups in total. The van der Waals surface area contributed by atoms with E-state index < -0.39 is 0 Å². The summed E-state index contributed by atoms with van der Waals surface area (Å²) >= 11 is 1.71. The Morgan fingerprint density at radius 2 is 2.19 bits per heavy atom. The maximum Gasteiger partial charge on any atom is 0.103 e. The molecule has 0 aliphatic rings. The number of pyridine rings is 1. The lowest BCUT2D eigenvalue weighted by molar-refractivity contribution is 0.776. The molecule has 84 valence electrons. The van der Waals surface area contributed by atoms with Gasteiger partial charge in [0.1, 0.15) is 5.01 Å². The lowest BCUT2D eigenvalue weighted by atomic mass is 10.1. The van der Waals surface area contributed by atoms with E-state index in [2.05, 4.69) is 16.9 Å². The first-order chi connectivity index (χ1) is 7.72. The lowest BCUT2D eigenvalue weighted by Gasteiger charge is -2.10. The summed E-state index contributed by atoms with van der Waals surface area (Å²) in [5, 5.41) is 1.07. The highest BCUT2D eigenvalue weighted by Crippen LogP contribution is 2.27. The van der Waals surface area contributed by atoms with Crippen LogP contribution in [0.5, 0.6) is 0 Å². The summed E-state index contributed by atoms with van der Waals surface area (Å²) in [6.07, 6.45) is 1.80. The third-order valence-corrected chi connectivity index (χ3v) is 3.81. The normalized spacial score (nSPS) is 12.7. The van der Waals surface area contributed by atoms with Gasteiger partial charge in [-0.2, -0.15) is 0 Å². The molecule has 0 saturated carbocycles. The van der Waals surface area contributed by atoms with Gasteiger partial charge in [-0.25, -0.2) is 4.98 Å². The van der Waals surface area contributed by atoms with E-state index in [4.69, 9.17) is 5.73 Å². The number of rotatable bonds is 3. The van der Waals surface area contributed by atoms with Gasteiger partial charge >= 0.3 is 0 Å². The smallest absolute Gasteiger partial charge is 0.103 e. The highest BCUT2D eigenvalue weighted by atomic mass is 32.1. The number of aromatic nitrogens is 2. The van der Waals surface area contributed by atoms with Crippen LogP contribution in [0.4, 0.5) is 0 Å². The Balaban J connectivity index is 2.37. The second kappa shape index (κ2) is 4.72. The summed E-state index contributed by atoms with van der Waals surface area (Å²) < 4.78 is 0. The minimum Gasteiger partial charge on any atom is -0.329 e. The topological polar surface area (TPSA) is 51.8 Å². The van der Waals surface area contributed by atoms with Gasteiger partial charge in [-0.1, -0.05) is 6.07 Å². The van der Waals surface area contributed by atoms with Crippen molar-refractivity contribution in [3.63, 3.8) is 0 Å². The van der Waals surface area contributed by atoms with Gasteiger partial charge in [-0.15, -0.1) is 11.3 Å². The summed E-state index contributed by atoms with van der Waals surface area (Å²) in [7, 11) is 0. The lowest BCUT2D eigenvalue weighted by Crippen LogP contribution is -2.14. The zero-order chi connectivity index (χ0) is 11.5. The Hall–Kier alpha value is -1.26. The molecule has 4 heteroatoms. The van der Waals surface area contributed by atoms with Crippen LogP contribution in [0, 0.1) is 13.8 Å². The molecule has 0 fully saturated rings. The average Bonchev–Trinajstić information content (AvgIpc) is 2.61. The van der Waals surface area contributed by atoms with Crippen molar-refractivity contribution in [2.45, 2.75) is 19.8 Å². The fraction of sp³-hybridized carbons (Fsp3) is 0.333. The second-order valence-electron chi connectivity index (χ2n) is 3.74. The number of hydrogen-bond donors (Lipinski definition) is 1. The molecular weight excluding hydrogens is 218 g/mol. The summed E-state index contributed by atoms with van der Waals surface area (Å²) in [4.78, 5) is 10.2. The highest BCUT2D eigenvalue weighted by molar-refractivity contribution is 7.11. The van der Waals surface area contributed by atoms with Crippen LogP contribution in [0.2, 0.25) is 0 Å².